The second kappa shape index (κ2) is 9.14. The molecule has 5 aliphatic carbocycles. The first kappa shape index (κ1) is 24.2. The van der Waals surface area contributed by atoms with Crippen LogP contribution in [0.3, 0.4) is 0 Å². The number of carbonyl (C=O) groups is 2. The second-order valence-electron chi connectivity index (χ2n) is 12.7. The molecule has 2 N–H and O–H groups in total. The van der Waals surface area contributed by atoms with Gasteiger partial charge >= 0.3 is 0 Å². The van der Waals surface area contributed by atoms with Crippen LogP contribution in [0.25, 0.3) is 21.9 Å². The maximum atomic E-state index is 12.5. The predicted molar refractivity (Wildman–Crippen MR) is 148 cm³/mol. The van der Waals surface area contributed by atoms with Crippen LogP contribution in [0.4, 0.5) is 0 Å². The van der Waals surface area contributed by atoms with Crippen molar-refractivity contribution in [3.05, 3.63) is 71.3 Å². The number of hydrogen-bond acceptors (Lipinski definition) is 4. The highest BCUT2D eigenvalue weighted by atomic mass is 16.3. The molecule has 0 aliphatic heterocycles. The van der Waals surface area contributed by atoms with E-state index >= 15 is 0 Å². The number of Topliss-reactive ketones (excluding diaryl/α,β-unsaturated/α-hetero) is 2. The van der Waals surface area contributed by atoms with Crippen LogP contribution in [0, 0.1) is 17.8 Å². The molecule has 3 aromatic rings. The lowest BCUT2D eigenvalue weighted by Crippen LogP contribution is -2.49. The van der Waals surface area contributed by atoms with Crippen molar-refractivity contribution < 1.29 is 19.8 Å². The molecule has 0 heterocycles. The van der Waals surface area contributed by atoms with Crippen molar-refractivity contribution in [3.8, 4) is 11.1 Å². The average Bonchev–Trinajstić information content (AvgIpc) is 2.91. The number of hydrogen-bond donors (Lipinski definition) is 2. The molecule has 5 aliphatic rings. The normalized spacial score (nSPS) is 29.8. The average molecular weight is 509 g/mol. The zero-order chi connectivity index (χ0) is 26.0. The van der Waals surface area contributed by atoms with Gasteiger partial charge in [0.25, 0.3) is 0 Å². The number of ketones is 2. The van der Waals surface area contributed by atoms with E-state index in [-0.39, 0.29) is 23.6 Å². The quantitative estimate of drug-likeness (QED) is 0.391. The van der Waals surface area contributed by atoms with Gasteiger partial charge in [-0.3, -0.25) is 9.59 Å². The van der Waals surface area contributed by atoms with Gasteiger partial charge in [-0.25, -0.2) is 0 Å². The first-order chi connectivity index (χ1) is 18.4. The fourth-order valence-corrected chi connectivity index (χ4v) is 8.92. The van der Waals surface area contributed by atoms with Crippen LogP contribution in [0.5, 0.6) is 0 Å². The van der Waals surface area contributed by atoms with Gasteiger partial charge in [0.05, 0.1) is 6.61 Å². The summed E-state index contributed by atoms with van der Waals surface area (Å²) in [4.78, 5) is 25.0. The fourth-order valence-electron chi connectivity index (χ4n) is 8.92. The van der Waals surface area contributed by atoms with Gasteiger partial charge in [-0.1, -0.05) is 42.5 Å². The maximum Gasteiger partial charge on any atom is 0.147 e. The molecule has 1 unspecified atom stereocenters. The number of aliphatic hydroxyl groups is 2. The Morgan fingerprint density at radius 1 is 0.763 bits per heavy atom. The Labute approximate surface area is 224 Å². The Balaban J connectivity index is 1.27. The molecular weight excluding hydrogens is 472 g/mol. The van der Waals surface area contributed by atoms with E-state index in [9.17, 15) is 19.8 Å². The molecule has 8 rings (SSSR count). The first-order valence-corrected chi connectivity index (χ1v) is 14.5. The Bertz CT molecular complexity index is 1380. The summed E-state index contributed by atoms with van der Waals surface area (Å²) < 4.78 is 0. The predicted octanol–water partition coefficient (Wildman–Crippen LogP) is 6.41. The van der Waals surface area contributed by atoms with Crippen LogP contribution in [-0.4, -0.2) is 28.4 Å². The summed E-state index contributed by atoms with van der Waals surface area (Å²) in [5.74, 6) is 1.85. The zero-order valence-corrected chi connectivity index (χ0v) is 21.9. The molecule has 0 aromatic heterocycles. The van der Waals surface area contributed by atoms with Crippen LogP contribution in [0.2, 0.25) is 0 Å². The Morgan fingerprint density at radius 3 is 2.00 bits per heavy atom. The summed E-state index contributed by atoms with van der Waals surface area (Å²) in [6, 6.07) is 18.8. The van der Waals surface area contributed by atoms with Crippen molar-refractivity contribution in [1.82, 2.24) is 0 Å². The van der Waals surface area contributed by atoms with Crippen molar-refractivity contribution in [2.75, 3.05) is 6.61 Å². The minimum absolute atomic E-state index is 0.0413. The Morgan fingerprint density at radius 2 is 1.34 bits per heavy atom. The number of benzene rings is 3. The second-order valence-corrected chi connectivity index (χ2v) is 12.7. The molecule has 196 valence electrons. The summed E-state index contributed by atoms with van der Waals surface area (Å²) in [5.41, 5.74) is 5.32. The third-order valence-corrected chi connectivity index (χ3v) is 10.2. The van der Waals surface area contributed by atoms with Crippen molar-refractivity contribution in [2.24, 2.45) is 17.8 Å². The molecule has 0 spiro atoms. The van der Waals surface area contributed by atoms with E-state index in [1.165, 1.54) is 44.1 Å². The molecule has 4 heteroatoms. The molecule has 1 atom stereocenters. The third kappa shape index (κ3) is 3.96. The Kier molecular flexibility index (Phi) is 5.83. The largest absolute Gasteiger partial charge is 0.393 e. The van der Waals surface area contributed by atoms with Crippen molar-refractivity contribution in [1.29, 1.82) is 0 Å². The molecule has 0 radical (unpaired) electrons. The van der Waals surface area contributed by atoms with Crippen LogP contribution < -0.4 is 0 Å². The zero-order valence-electron chi connectivity index (χ0n) is 21.9. The third-order valence-electron chi connectivity index (χ3n) is 10.2. The summed E-state index contributed by atoms with van der Waals surface area (Å²) >= 11 is 0. The SMILES string of the molecule is O=C1CCCC(=O)C1c1ccc2cc(-c3ccc(C(O)CO)c(C45CC6CC(CC(C6)C4)C5)c3)ccc2c1. The lowest BCUT2D eigenvalue weighted by Gasteiger charge is -2.57. The molecule has 4 bridgehead atoms. The van der Waals surface area contributed by atoms with Crippen LogP contribution >= 0.6 is 0 Å². The van der Waals surface area contributed by atoms with E-state index in [4.69, 9.17) is 0 Å². The van der Waals surface area contributed by atoms with E-state index in [2.05, 4.69) is 30.3 Å². The lowest BCUT2D eigenvalue weighted by atomic mass is 9.47. The van der Waals surface area contributed by atoms with Gasteiger partial charge in [0.15, 0.2) is 0 Å². The molecule has 5 fully saturated rings. The van der Waals surface area contributed by atoms with Gasteiger partial charge in [0.1, 0.15) is 23.6 Å². The molecule has 0 saturated heterocycles. The summed E-state index contributed by atoms with van der Waals surface area (Å²) in [6.45, 7) is -0.261. The van der Waals surface area contributed by atoms with Gasteiger partial charge in [-0.05, 0) is 119 Å². The van der Waals surface area contributed by atoms with Gasteiger partial charge in [-0.15, -0.1) is 0 Å². The van der Waals surface area contributed by atoms with Gasteiger partial charge in [-0.2, -0.15) is 0 Å². The van der Waals surface area contributed by atoms with E-state index in [1.807, 2.05) is 24.3 Å². The van der Waals surface area contributed by atoms with Crippen molar-refractivity contribution in [3.63, 3.8) is 0 Å². The number of carbonyl (C=O) groups excluding carboxylic acids is 2. The molecule has 5 saturated carbocycles. The molecular formula is C34H36O4. The standard InChI is InChI=1S/C34H36O4/c35-19-32(38)28-9-8-26(15-29(28)34-16-20-10-21(17-34)12-22(11-20)18-34)24-4-5-25-14-27(7-6-23(25)13-24)33-30(36)2-1-3-31(33)37/h4-9,13-15,20-22,32-33,35,38H,1-3,10-12,16-19H2. The molecule has 3 aromatic carbocycles. The van der Waals surface area contributed by atoms with Crippen LogP contribution in [0.15, 0.2) is 54.6 Å². The lowest BCUT2D eigenvalue weighted by molar-refractivity contribution is -0.131. The van der Waals surface area contributed by atoms with E-state index in [1.54, 1.807) is 0 Å². The van der Waals surface area contributed by atoms with E-state index in [0.717, 1.165) is 50.8 Å². The number of aliphatic hydroxyl groups excluding tert-OH is 2. The minimum Gasteiger partial charge on any atom is -0.393 e. The summed E-state index contributed by atoms with van der Waals surface area (Å²) in [5, 5.41) is 22.8. The minimum atomic E-state index is -0.854. The maximum absolute atomic E-state index is 12.5. The molecule has 0 amide bonds. The molecule has 4 nitrogen and oxygen atoms in total. The highest BCUT2D eigenvalue weighted by Crippen LogP contribution is 2.61. The molecule has 38 heavy (non-hydrogen) atoms. The summed E-state index contributed by atoms with van der Waals surface area (Å²) in [7, 11) is 0. The highest BCUT2D eigenvalue weighted by Gasteiger charge is 2.52. The van der Waals surface area contributed by atoms with Gasteiger partial charge in [0.2, 0.25) is 0 Å². The highest BCUT2D eigenvalue weighted by molar-refractivity contribution is 6.10. The van der Waals surface area contributed by atoms with Crippen LogP contribution in [0.1, 0.15) is 86.5 Å². The smallest absolute Gasteiger partial charge is 0.147 e. The fraction of sp³-hybridized carbons (Fsp3) is 0.471. The Hall–Kier alpha value is -2.82. The monoisotopic (exact) mass is 508 g/mol. The van der Waals surface area contributed by atoms with Gasteiger partial charge in [0, 0.05) is 12.8 Å². The first-order valence-electron chi connectivity index (χ1n) is 14.5. The number of fused-ring (bicyclic) bond motifs is 1. The van der Waals surface area contributed by atoms with E-state index in [0.29, 0.717) is 19.3 Å². The van der Waals surface area contributed by atoms with Gasteiger partial charge < -0.3 is 10.2 Å². The van der Waals surface area contributed by atoms with Crippen molar-refractivity contribution >= 4 is 22.3 Å². The van der Waals surface area contributed by atoms with Crippen LogP contribution in [-0.2, 0) is 15.0 Å². The topological polar surface area (TPSA) is 74.6 Å². The summed E-state index contributed by atoms with van der Waals surface area (Å²) in [6.07, 6.45) is 8.48. The van der Waals surface area contributed by atoms with E-state index < -0.39 is 12.0 Å². The number of rotatable bonds is 5. The van der Waals surface area contributed by atoms with Crippen molar-refractivity contribution in [2.45, 2.75) is 75.2 Å².